The molecule has 10 heteroatoms. The van der Waals surface area contributed by atoms with E-state index in [4.69, 9.17) is 30.1 Å². The molecule has 0 saturated carbocycles. The average molecular weight is 519 g/mol. The Balaban J connectivity index is 1.56. The molecule has 0 fully saturated rings. The number of nitrogens with one attached hydrogen (secondary N) is 2. The van der Waals surface area contributed by atoms with Crippen molar-refractivity contribution in [3.8, 4) is 23.0 Å². The van der Waals surface area contributed by atoms with Crippen LogP contribution in [0.25, 0.3) is 0 Å². The number of amides is 2. The van der Waals surface area contributed by atoms with Crippen molar-refractivity contribution >= 4 is 17.8 Å². The Bertz CT molecular complexity index is 1310. The van der Waals surface area contributed by atoms with Gasteiger partial charge in [0.25, 0.3) is 0 Å². The van der Waals surface area contributed by atoms with Crippen molar-refractivity contribution < 1.29 is 28.5 Å². The van der Waals surface area contributed by atoms with Crippen molar-refractivity contribution in [3.05, 3.63) is 83.4 Å². The molecule has 4 rings (SSSR count). The first kappa shape index (κ1) is 26.3. The number of hydrogen-bond donors (Lipinski definition) is 3. The van der Waals surface area contributed by atoms with Gasteiger partial charge in [-0.1, -0.05) is 42.5 Å². The Morgan fingerprint density at radius 2 is 1.66 bits per heavy atom. The highest BCUT2D eigenvalue weighted by molar-refractivity contribution is 6.01. The third-order valence-corrected chi connectivity index (χ3v) is 6.12. The number of carbonyl (C=O) groups excluding carboxylic acids is 2. The Morgan fingerprint density at radius 3 is 2.37 bits per heavy atom. The van der Waals surface area contributed by atoms with E-state index in [1.165, 1.54) is 14.2 Å². The van der Waals surface area contributed by atoms with Crippen LogP contribution in [0.5, 0.6) is 23.0 Å². The lowest BCUT2D eigenvalue weighted by molar-refractivity contribution is -0.135. The Labute approximate surface area is 220 Å². The van der Waals surface area contributed by atoms with E-state index < -0.39 is 23.8 Å². The molecule has 0 spiro atoms. The monoisotopic (exact) mass is 518 g/mol. The SMILES string of the molecule is COc1ccc(CC(=O)N(C(=N)N)[C@H](Cc2ccccc2)C(=O)NCc2ccc3c(c2)OCO3)cc1OC. The van der Waals surface area contributed by atoms with Gasteiger partial charge < -0.3 is 30.0 Å². The van der Waals surface area contributed by atoms with E-state index in [1.54, 1.807) is 30.3 Å². The van der Waals surface area contributed by atoms with Crippen LogP contribution in [-0.2, 0) is 29.0 Å². The molecule has 10 nitrogen and oxygen atoms in total. The Kier molecular flexibility index (Phi) is 8.32. The number of guanidine groups is 1. The van der Waals surface area contributed by atoms with E-state index in [-0.39, 0.29) is 26.2 Å². The molecule has 1 atom stereocenters. The number of fused-ring (bicyclic) bond motifs is 1. The smallest absolute Gasteiger partial charge is 0.243 e. The van der Waals surface area contributed by atoms with E-state index in [0.29, 0.717) is 28.6 Å². The molecule has 2 amide bonds. The van der Waals surface area contributed by atoms with Crippen molar-refractivity contribution in [2.45, 2.75) is 25.4 Å². The van der Waals surface area contributed by atoms with Gasteiger partial charge in [-0.15, -0.1) is 0 Å². The lowest BCUT2D eigenvalue weighted by atomic mass is 10.0. The van der Waals surface area contributed by atoms with Gasteiger partial charge in [0.15, 0.2) is 29.0 Å². The number of nitrogens with two attached hydrogens (primary N) is 1. The molecule has 38 heavy (non-hydrogen) atoms. The van der Waals surface area contributed by atoms with E-state index in [9.17, 15) is 9.59 Å². The maximum absolute atomic E-state index is 13.5. The highest BCUT2D eigenvalue weighted by Crippen LogP contribution is 2.32. The van der Waals surface area contributed by atoms with E-state index >= 15 is 0 Å². The van der Waals surface area contributed by atoms with Crippen LogP contribution in [0.4, 0.5) is 0 Å². The molecular formula is C28H30N4O6. The number of benzene rings is 3. The van der Waals surface area contributed by atoms with Gasteiger partial charge in [0.05, 0.1) is 20.6 Å². The fourth-order valence-corrected chi connectivity index (χ4v) is 4.22. The number of hydrogen-bond acceptors (Lipinski definition) is 7. The molecule has 1 aliphatic rings. The highest BCUT2D eigenvalue weighted by atomic mass is 16.7. The molecule has 198 valence electrons. The summed E-state index contributed by atoms with van der Waals surface area (Å²) >= 11 is 0. The van der Waals surface area contributed by atoms with Crippen molar-refractivity contribution in [2.24, 2.45) is 5.73 Å². The molecule has 3 aromatic rings. The molecule has 4 N–H and O–H groups in total. The van der Waals surface area contributed by atoms with Crippen LogP contribution < -0.4 is 30.0 Å². The topological polar surface area (TPSA) is 136 Å². The van der Waals surface area contributed by atoms with Crippen LogP contribution >= 0.6 is 0 Å². The van der Waals surface area contributed by atoms with Crippen molar-refractivity contribution in [3.63, 3.8) is 0 Å². The molecule has 0 unspecified atom stereocenters. The number of rotatable bonds is 10. The summed E-state index contributed by atoms with van der Waals surface area (Å²) in [6.07, 6.45) is 0.0751. The van der Waals surface area contributed by atoms with Crippen LogP contribution in [0.3, 0.4) is 0 Å². The minimum Gasteiger partial charge on any atom is -0.493 e. The van der Waals surface area contributed by atoms with Gasteiger partial charge in [0.2, 0.25) is 18.6 Å². The summed E-state index contributed by atoms with van der Waals surface area (Å²) in [6.45, 7) is 0.344. The second-order valence-electron chi connectivity index (χ2n) is 8.63. The number of carbonyl (C=O) groups is 2. The summed E-state index contributed by atoms with van der Waals surface area (Å²) in [5.74, 6) is 0.783. The van der Waals surface area contributed by atoms with E-state index in [0.717, 1.165) is 16.0 Å². The van der Waals surface area contributed by atoms with Gasteiger partial charge in [-0.25, -0.2) is 0 Å². The van der Waals surface area contributed by atoms with Gasteiger partial charge in [-0.2, -0.15) is 0 Å². The van der Waals surface area contributed by atoms with Gasteiger partial charge in [0, 0.05) is 13.0 Å². The Morgan fingerprint density at radius 1 is 0.947 bits per heavy atom. The Hall–Kier alpha value is -4.73. The third kappa shape index (κ3) is 6.15. The second-order valence-corrected chi connectivity index (χ2v) is 8.63. The first-order valence-electron chi connectivity index (χ1n) is 12.0. The summed E-state index contributed by atoms with van der Waals surface area (Å²) in [6, 6.07) is 18.7. The summed E-state index contributed by atoms with van der Waals surface area (Å²) in [5.41, 5.74) is 8.13. The maximum Gasteiger partial charge on any atom is 0.243 e. The van der Waals surface area contributed by atoms with Gasteiger partial charge >= 0.3 is 0 Å². The van der Waals surface area contributed by atoms with Crippen molar-refractivity contribution in [2.75, 3.05) is 21.0 Å². The van der Waals surface area contributed by atoms with Gasteiger partial charge in [-0.3, -0.25) is 19.9 Å². The summed E-state index contributed by atoms with van der Waals surface area (Å²) < 4.78 is 21.3. The minimum atomic E-state index is -1.04. The van der Waals surface area contributed by atoms with Crippen molar-refractivity contribution in [1.29, 1.82) is 5.41 Å². The quantitative estimate of drug-likeness (QED) is 0.277. The zero-order valence-corrected chi connectivity index (χ0v) is 21.2. The normalized spacial score (nSPS) is 12.4. The maximum atomic E-state index is 13.5. The van der Waals surface area contributed by atoms with Crippen LogP contribution in [-0.4, -0.2) is 49.7 Å². The standard InChI is InChI=1S/C28H30N4O6/c1-35-22-10-8-19(13-24(22)36-2)15-26(33)32(28(29)30)21(12-18-6-4-3-5-7-18)27(34)31-16-20-9-11-23-25(14-20)38-17-37-23/h3-11,13-14,21H,12,15-17H2,1-2H3,(H3,29,30)(H,31,34)/t21-/m1/s1. The zero-order chi connectivity index (χ0) is 27.1. The lowest BCUT2D eigenvalue weighted by Gasteiger charge is -2.30. The molecule has 0 saturated heterocycles. The minimum absolute atomic E-state index is 0.0966. The molecule has 3 aromatic carbocycles. The van der Waals surface area contributed by atoms with Crippen LogP contribution in [0.2, 0.25) is 0 Å². The first-order valence-corrected chi connectivity index (χ1v) is 12.0. The second kappa shape index (κ2) is 12.0. The van der Waals surface area contributed by atoms with Gasteiger partial charge in [0.1, 0.15) is 6.04 Å². The lowest BCUT2D eigenvalue weighted by Crippen LogP contribution is -2.55. The van der Waals surface area contributed by atoms with Crippen LogP contribution in [0.15, 0.2) is 66.7 Å². The summed E-state index contributed by atoms with van der Waals surface area (Å²) in [5, 5.41) is 11.1. The predicted octanol–water partition coefficient (Wildman–Crippen LogP) is 2.62. The average Bonchev–Trinajstić information content (AvgIpc) is 3.39. The third-order valence-electron chi connectivity index (χ3n) is 6.12. The fourth-order valence-electron chi connectivity index (χ4n) is 4.22. The molecule has 1 heterocycles. The molecule has 0 aromatic heterocycles. The van der Waals surface area contributed by atoms with E-state index in [2.05, 4.69) is 5.32 Å². The summed E-state index contributed by atoms with van der Waals surface area (Å²) in [7, 11) is 3.03. The fraction of sp³-hybridized carbons (Fsp3) is 0.250. The van der Waals surface area contributed by atoms with Crippen LogP contribution in [0.1, 0.15) is 16.7 Å². The molecule has 0 bridgehead atoms. The molecule has 0 aliphatic carbocycles. The predicted molar refractivity (Wildman–Crippen MR) is 140 cm³/mol. The van der Waals surface area contributed by atoms with Crippen molar-refractivity contribution in [1.82, 2.24) is 10.2 Å². The molecule has 0 radical (unpaired) electrons. The zero-order valence-electron chi connectivity index (χ0n) is 21.2. The first-order chi connectivity index (χ1) is 18.4. The number of methoxy groups -OCH3 is 2. The highest BCUT2D eigenvalue weighted by Gasteiger charge is 2.32. The molecule has 1 aliphatic heterocycles. The van der Waals surface area contributed by atoms with Crippen LogP contribution in [0, 0.1) is 5.41 Å². The molecular weight excluding hydrogens is 488 g/mol. The summed E-state index contributed by atoms with van der Waals surface area (Å²) in [4.78, 5) is 28.0. The number of ether oxygens (including phenoxy) is 4. The largest absolute Gasteiger partial charge is 0.493 e. The number of nitrogens with zero attached hydrogens (tertiary/aromatic N) is 1. The van der Waals surface area contributed by atoms with Gasteiger partial charge in [-0.05, 0) is 41.0 Å². The van der Waals surface area contributed by atoms with E-state index in [1.807, 2.05) is 36.4 Å².